The SMILES string of the molecule is O=C(Nc1cccc(-c2nn[nH]n2)c1)c1ccc(F)nc1. The number of nitrogens with zero attached hydrogens (tertiary/aromatic N) is 4. The second-order valence-corrected chi connectivity index (χ2v) is 4.14. The number of nitrogens with one attached hydrogen (secondary N) is 2. The summed E-state index contributed by atoms with van der Waals surface area (Å²) in [5, 5.41) is 16.3. The number of carbonyl (C=O) groups excluding carboxylic acids is 1. The third-order valence-corrected chi connectivity index (χ3v) is 2.71. The molecule has 0 radical (unpaired) electrons. The van der Waals surface area contributed by atoms with Crippen LogP contribution >= 0.6 is 0 Å². The van der Waals surface area contributed by atoms with Gasteiger partial charge in [-0.1, -0.05) is 12.1 Å². The van der Waals surface area contributed by atoms with Gasteiger partial charge in [-0.3, -0.25) is 4.79 Å². The van der Waals surface area contributed by atoms with E-state index < -0.39 is 5.95 Å². The fourth-order valence-electron chi connectivity index (χ4n) is 1.73. The smallest absolute Gasteiger partial charge is 0.257 e. The van der Waals surface area contributed by atoms with Crippen molar-refractivity contribution in [3.05, 3.63) is 54.1 Å². The van der Waals surface area contributed by atoms with Crippen LogP contribution in [0.1, 0.15) is 10.4 Å². The van der Waals surface area contributed by atoms with Crippen LogP contribution in [0.4, 0.5) is 10.1 Å². The number of rotatable bonds is 3. The minimum Gasteiger partial charge on any atom is -0.322 e. The van der Waals surface area contributed by atoms with E-state index in [9.17, 15) is 9.18 Å². The number of halogens is 1. The first kappa shape index (κ1) is 12.9. The summed E-state index contributed by atoms with van der Waals surface area (Å²) in [6, 6.07) is 9.47. The third kappa shape index (κ3) is 2.89. The molecule has 1 amide bonds. The van der Waals surface area contributed by atoms with Crippen LogP contribution in [0.3, 0.4) is 0 Å². The van der Waals surface area contributed by atoms with Crippen molar-refractivity contribution in [2.24, 2.45) is 0 Å². The first-order valence-corrected chi connectivity index (χ1v) is 5.99. The van der Waals surface area contributed by atoms with Crippen LogP contribution in [0.2, 0.25) is 0 Å². The first-order valence-electron chi connectivity index (χ1n) is 5.99. The molecule has 3 aromatic rings. The summed E-state index contributed by atoms with van der Waals surface area (Å²) in [4.78, 5) is 15.4. The van der Waals surface area contributed by atoms with Gasteiger partial charge in [0.05, 0.1) is 5.56 Å². The maximum atomic E-state index is 12.7. The molecule has 0 saturated carbocycles. The Morgan fingerprint density at radius 2 is 2.14 bits per heavy atom. The topological polar surface area (TPSA) is 96.5 Å². The van der Waals surface area contributed by atoms with Gasteiger partial charge >= 0.3 is 0 Å². The van der Waals surface area contributed by atoms with Crippen molar-refractivity contribution < 1.29 is 9.18 Å². The Hall–Kier alpha value is -3.16. The lowest BCUT2D eigenvalue weighted by Crippen LogP contribution is -2.12. The molecule has 0 saturated heterocycles. The molecule has 0 atom stereocenters. The molecule has 1 aromatic carbocycles. The van der Waals surface area contributed by atoms with Gasteiger partial charge < -0.3 is 5.32 Å². The summed E-state index contributed by atoms with van der Waals surface area (Å²) in [5.41, 5.74) is 1.53. The maximum absolute atomic E-state index is 12.7. The van der Waals surface area contributed by atoms with E-state index in [0.717, 1.165) is 6.07 Å². The average molecular weight is 284 g/mol. The van der Waals surface area contributed by atoms with Crippen molar-refractivity contribution in [3.8, 4) is 11.4 Å². The number of benzene rings is 1. The van der Waals surface area contributed by atoms with Crippen molar-refractivity contribution in [2.75, 3.05) is 5.32 Å². The summed E-state index contributed by atoms with van der Waals surface area (Å²) < 4.78 is 12.7. The zero-order chi connectivity index (χ0) is 14.7. The van der Waals surface area contributed by atoms with Gasteiger partial charge in [-0.05, 0) is 29.5 Å². The molecule has 0 fully saturated rings. The van der Waals surface area contributed by atoms with E-state index in [2.05, 4.69) is 30.9 Å². The van der Waals surface area contributed by atoms with Gasteiger partial charge in [0.2, 0.25) is 11.8 Å². The van der Waals surface area contributed by atoms with E-state index in [0.29, 0.717) is 17.1 Å². The molecule has 2 aromatic heterocycles. The molecule has 0 bridgehead atoms. The molecule has 8 heteroatoms. The number of hydrogen-bond donors (Lipinski definition) is 2. The highest BCUT2D eigenvalue weighted by atomic mass is 19.1. The Balaban J connectivity index is 1.80. The quantitative estimate of drug-likeness (QED) is 0.713. The minimum absolute atomic E-state index is 0.265. The number of aromatic amines is 1. The lowest BCUT2D eigenvalue weighted by Gasteiger charge is -2.05. The van der Waals surface area contributed by atoms with Gasteiger partial charge in [0.1, 0.15) is 0 Å². The molecule has 2 heterocycles. The zero-order valence-electron chi connectivity index (χ0n) is 10.6. The predicted octanol–water partition coefficient (Wildman–Crippen LogP) is 1.65. The summed E-state index contributed by atoms with van der Waals surface area (Å²) in [6.07, 6.45) is 1.17. The largest absolute Gasteiger partial charge is 0.322 e. The van der Waals surface area contributed by atoms with E-state index in [-0.39, 0.29) is 11.5 Å². The molecule has 0 aliphatic carbocycles. The first-order chi connectivity index (χ1) is 10.2. The van der Waals surface area contributed by atoms with Crippen LogP contribution in [0, 0.1) is 5.95 Å². The second kappa shape index (κ2) is 5.45. The van der Waals surface area contributed by atoms with E-state index in [1.807, 2.05) is 0 Å². The molecule has 0 aliphatic heterocycles. The van der Waals surface area contributed by atoms with Crippen molar-refractivity contribution >= 4 is 11.6 Å². The summed E-state index contributed by atoms with van der Waals surface area (Å²) in [5.74, 6) is -0.590. The van der Waals surface area contributed by atoms with Crippen LogP contribution in [-0.4, -0.2) is 31.5 Å². The Labute approximate surface area is 118 Å². The van der Waals surface area contributed by atoms with Crippen LogP contribution in [0.25, 0.3) is 11.4 Å². The fraction of sp³-hybridized carbons (Fsp3) is 0. The lowest BCUT2D eigenvalue weighted by atomic mass is 10.2. The van der Waals surface area contributed by atoms with Gasteiger partial charge in [-0.25, -0.2) is 4.98 Å². The van der Waals surface area contributed by atoms with Crippen molar-refractivity contribution in [2.45, 2.75) is 0 Å². The minimum atomic E-state index is -0.634. The fourth-order valence-corrected chi connectivity index (χ4v) is 1.73. The summed E-state index contributed by atoms with van der Waals surface area (Å²) >= 11 is 0. The van der Waals surface area contributed by atoms with Crippen LogP contribution in [0.15, 0.2) is 42.6 Å². The standard InChI is InChI=1S/C13H9FN6O/c14-11-5-4-9(7-15-11)13(21)16-10-3-1-2-8(6-10)12-17-19-20-18-12/h1-7H,(H,16,21)(H,17,18,19,20). The van der Waals surface area contributed by atoms with Gasteiger partial charge in [-0.2, -0.15) is 9.60 Å². The van der Waals surface area contributed by atoms with E-state index in [1.165, 1.54) is 12.3 Å². The number of amides is 1. The molecule has 0 spiro atoms. The monoisotopic (exact) mass is 284 g/mol. The molecular weight excluding hydrogens is 275 g/mol. The van der Waals surface area contributed by atoms with Crippen LogP contribution in [-0.2, 0) is 0 Å². The number of hydrogen-bond acceptors (Lipinski definition) is 5. The second-order valence-electron chi connectivity index (χ2n) is 4.14. The Kier molecular flexibility index (Phi) is 3.34. The van der Waals surface area contributed by atoms with Gasteiger partial charge in [0, 0.05) is 17.4 Å². The molecule has 3 rings (SSSR count). The maximum Gasteiger partial charge on any atom is 0.257 e. The summed E-state index contributed by atoms with van der Waals surface area (Å²) in [6.45, 7) is 0. The zero-order valence-corrected chi connectivity index (χ0v) is 10.6. The van der Waals surface area contributed by atoms with Crippen LogP contribution < -0.4 is 5.32 Å². The number of H-pyrrole nitrogens is 1. The molecule has 2 N–H and O–H groups in total. The number of carbonyl (C=O) groups is 1. The van der Waals surface area contributed by atoms with Gasteiger partial charge in [0.25, 0.3) is 5.91 Å². The highest BCUT2D eigenvalue weighted by molar-refractivity contribution is 6.04. The van der Waals surface area contributed by atoms with Gasteiger partial charge in [-0.15, -0.1) is 10.2 Å². The molecular formula is C13H9FN6O. The van der Waals surface area contributed by atoms with Crippen molar-refractivity contribution in [3.63, 3.8) is 0 Å². The highest BCUT2D eigenvalue weighted by Gasteiger charge is 2.08. The van der Waals surface area contributed by atoms with E-state index in [1.54, 1.807) is 24.3 Å². The lowest BCUT2D eigenvalue weighted by molar-refractivity contribution is 0.102. The molecule has 104 valence electrons. The number of tetrazole rings is 1. The van der Waals surface area contributed by atoms with E-state index in [4.69, 9.17) is 0 Å². The molecule has 7 nitrogen and oxygen atoms in total. The highest BCUT2D eigenvalue weighted by Crippen LogP contribution is 2.18. The summed E-state index contributed by atoms with van der Waals surface area (Å²) in [7, 11) is 0. The molecule has 0 aliphatic rings. The predicted molar refractivity (Wildman–Crippen MR) is 71.8 cm³/mol. The number of aromatic nitrogens is 5. The van der Waals surface area contributed by atoms with Gasteiger partial charge in [0.15, 0.2) is 0 Å². The third-order valence-electron chi connectivity index (χ3n) is 2.71. The number of anilines is 1. The van der Waals surface area contributed by atoms with Crippen LogP contribution in [0.5, 0.6) is 0 Å². The van der Waals surface area contributed by atoms with Crippen molar-refractivity contribution in [1.29, 1.82) is 0 Å². The Morgan fingerprint density at radius 3 is 2.86 bits per heavy atom. The van der Waals surface area contributed by atoms with E-state index >= 15 is 0 Å². The average Bonchev–Trinajstić information content (AvgIpc) is 3.02. The normalized spacial score (nSPS) is 10.3. The molecule has 21 heavy (non-hydrogen) atoms. The Bertz CT molecular complexity index is 757. The molecule has 0 unspecified atom stereocenters. The van der Waals surface area contributed by atoms with Crippen molar-refractivity contribution in [1.82, 2.24) is 25.6 Å². The number of pyridine rings is 1. The Morgan fingerprint density at radius 1 is 1.24 bits per heavy atom.